The molecule has 1 aromatic heterocycles. The number of carbonyl (C=O) groups excluding carboxylic acids is 1. The molecular formula is C23H25N3O4. The molecule has 0 bridgehead atoms. The Bertz CT molecular complexity index is 997. The molecule has 2 heterocycles. The van der Waals surface area contributed by atoms with Crippen LogP contribution in [0.2, 0.25) is 0 Å². The third-order valence-electron chi connectivity index (χ3n) is 5.03. The standard InChI is InChI=1S/C23H25N3O4/c1-15-20(16(2)26-25-15)11-23(27)24-12-19-14-29-21-9-8-18(10-22(21)30-19)28-13-17-6-4-3-5-7-17/h3-10,19H,11-14H2,1-2H3,(H,24,27)(H,25,26)/t19-/m1/s1. The Balaban J connectivity index is 1.30. The van der Waals surface area contributed by atoms with Crippen molar-refractivity contribution in [2.45, 2.75) is 33.0 Å². The first-order valence-corrected chi connectivity index (χ1v) is 9.96. The molecule has 4 rings (SSSR count). The summed E-state index contributed by atoms with van der Waals surface area (Å²) in [4.78, 5) is 12.3. The van der Waals surface area contributed by atoms with Crippen LogP contribution in [-0.2, 0) is 17.8 Å². The van der Waals surface area contributed by atoms with Crippen LogP contribution in [0.25, 0.3) is 0 Å². The van der Waals surface area contributed by atoms with E-state index in [9.17, 15) is 4.79 Å². The summed E-state index contributed by atoms with van der Waals surface area (Å²) in [6.45, 7) is 5.02. The van der Waals surface area contributed by atoms with Gasteiger partial charge in [-0.3, -0.25) is 9.89 Å². The van der Waals surface area contributed by atoms with Crippen LogP contribution >= 0.6 is 0 Å². The number of carbonyl (C=O) groups is 1. The number of amides is 1. The van der Waals surface area contributed by atoms with E-state index >= 15 is 0 Å². The molecule has 2 aromatic carbocycles. The Morgan fingerprint density at radius 2 is 2.03 bits per heavy atom. The molecule has 0 spiro atoms. The summed E-state index contributed by atoms with van der Waals surface area (Å²) in [6.07, 6.45) is 0.0212. The number of fused-ring (bicyclic) bond motifs is 1. The van der Waals surface area contributed by atoms with Gasteiger partial charge in [-0.05, 0) is 31.5 Å². The fourth-order valence-electron chi connectivity index (χ4n) is 3.31. The normalized spacial score (nSPS) is 14.9. The lowest BCUT2D eigenvalue weighted by Gasteiger charge is -2.27. The number of aromatic nitrogens is 2. The van der Waals surface area contributed by atoms with E-state index in [0.717, 1.165) is 22.5 Å². The molecule has 2 N–H and O–H groups in total. The Kier molecular flexibility index (Phi) is 5.88. The zero-order chi connectivity index (χ0) is 20.9. The molecule has 0 aliphatic carbocycles. The monoisotopic (exact) mass is 407 g/mol. The molecule has 3 aromatic rings. The smallest absolute Gasteiger partial charge is 0.224 e. The average molecular weight is 407 g/mol. The van der Waals surface area contributed by atoms with Gasteiger partial charge in [-0.25, -0.2) is 0 Å². The number of hydrogen-bond donors (Lipinski definition) is 2. The first-order valence-electron chi connectivity index (χ1n) is 9.96. The number of ether oxygens (including phenoxy) is 3. The maximum absolute atomic E-state index is 12.3. The van der Waals surface area contributed by atoms with Gasteiger partial charge >= 0.3 is 0 Å². The summed E-state index contributed by atoms with van der Waals surface area (Å²) in [6, 6.07) is 15.5. The second kappa shape index (κ2) is 8.90. The molecule has 1 amide bonds. The van der Waals surface area contributed by atoms with Gasteiger partial charge in [0, 0.05) is 17.3 Å². The van der Waals surface area contributed by atoms with Crippen molar-refractivity contribution in [1.82, 2.24) is 15.5 Å². The van der Waals surface area contributed by atoms with Crippen molar-refractivity contribution in [1.29, 1.82) is 0 Å². The lowest BCUT2D eigenvalue weighted by Crippen LogP contribution is -2.41. The molecule has 1 aliphatic rings. The van der Waals surface area contributed by atoms with Crippen LogP contribution in [-0.4, -0.2) is 35.4 Å². The van der Waals surface area contributed by atoms with Gasteiger partial charge in [0.15, 0.2) is 11.5 Å². The molecule has 0 fully saturated rings. The summed E-state index contributed by atoms with van der Waals surface area (Å²) < 4.78 is 17.7. The molecule has 0 saturated heterocycles. The topological polar surface area (TPSA) is 85.5 Å². The minimum atomic E-state index is -0.266. The molecule has 0 unspecified atom stereocenters. The van der Waals surface area contributed by atoms with E-state index in [1.807, 2.05) is 62.4 Å². The van der Waals surface area contributed by atoms with Crippen molar-refractivity contribution in [2.24, 2.45) is 0 Å². The number of H-pyrrole nitrogens is 1. The SMILES string of the molecule is Cc1n[nH]c(C)c1CC(=O)NC[C@@H]1COc2ccc(OCc3ccccc3)cc2O1. The number of nitrogens with zero attached hydrogens (tertiary/aromatic N) is 1. The number of nitrogens with one attached hydrogen (secondary N) is 2. The first kappa shape index (κ1) is 19.8. The lowest BCUT2D eigenvalue weighted by molar-refractivity contribution is -0.121. The summed E-state index contributed by atoms with van der Waals surface area (Å²) in [5.74, 6) is 1.93. The van der Waals surface area contributed by atoms with Crippen molar-refractivity contribution in [2.75, 3.05) is 13.2 Å². The fourth-order valence-corrected chi connectivity index (χ4v) is 3.31. The summed E-state index contributed by atoms with van der Waals surface area (Å²) >= 11 is 0. The highest BCUT2D eigenvalue weighted by Crippen LogP contribution is 2.35. The molecule has 7 nitrogen and oxygen atoms in total. The van der Waals surface area contributed by atoms with Crippen molar-refractivity contribution in [3.63, 3.8) is 0 Å². The predicted molar refractivity (Wildman–Crippen MR) is 112 cm³/mol. The number of aromatic amines is 1. The van der Waals surface area contributed by atoms with Crippen LogP contribution in [0.4, 0.5) is 0 Å². The number of hydrogen-bond acceptors (Lipinski definition) is 5. The van der Waals surface area contributed by atoms with Crippen LogP contribution in [0, 0.1) is 13.8 Å². The van der Waals surface area contributed by atoms with Crippen LogP contribution in [0.15, 0.2) is 48.5 Å². The Morgan fingerprint density at radius 1 is 1.20 bits per heavy atom. The molecule has 30 heavy (non-hydrogen) atoms. The highest BCUT2D eigenvalue weighted by Gasteiger charge is 2.22. The zero-order valence-electron chi connectivity index (χ0n) is 17.1. The summed E-state index contributed by atoms with van der Waals surface area (Å²) in [7, 11) is 0. The highest BCUT2D eigenvalue weighted by molar-refractivity contribution is 5.79. The molecule has 0 radical (unpaired) electrons. The fraction of sp³-hybridized carbons (Fsp3) is 0.304. The summed E-state index contributed by atoms with van der Waals surface area (Å²) in [5, 5.41) is 9.94. The van der Waals surface area contributed by atoms with E-state index in [4.69, 9.17) is 14.2 Å². The van der Waals surface area contributed by atoms with Crippen molar-refractivity contribution in [3.8, 4) is 17.2 Å². The third-order valence-corrected chi connectivity index (χ3v) is 5.03. The summed E-state index contributed by atoms with van der Waals surface area (Å²) in [5.41, 5.74) is 3.78. The Hall–Kier alpha value is -3.48. The molecule has 1 atom stereocenters. The minimum absolute atomic E-state index is 0.0723. The zero-order valence-corrected chi connectivity index (χ0v) is 17.1. The molecule has 0 saturated carbocycles. The van der Waals surface area contributed by atoms with E-state index in [1.165, 1.54) is 0 Å². The highest BCUT2D eigenvalue weighted by atomic mass is 16.6. The van der Waals surface area contributed by atoms with E-state index in [0.29, 0.717) is 37.0 Å². The van der Waals surface area contributed by atoms with E-state index in [-0.39, 0.29) is 18.4 Å². The van der Waals surface area contributed by atoms with E-state index in [2.05, 4.69) is 15.5 Å². The van der Waals surface area contributed by atoms with Gasteiger partial charge in [0.2, 0.25) is 5.91 Å². The van der Waals surface area contributed by atoms with Crippen molar-refractivity contribution >= 4 is 5.91 Å². The quantitative estimate of drug-likeness (QED) is 0.629. The predicted octanol–water partition coefficient (Wildman–Crippen LogP) is 3.10. The van der Waals surface area contributed by atoms with E-state index < -0.39 is 0 Å². The molecular weight excluding hydrogens is 382 g/mol. The van der Waals surface area contributed by atoms with Crippen molar-refractivity contribution in [3.05, 3.63) is 71.0 Å². The molecule has 1 aliphatic heterocycles. The van der Waals surface area contributed by atoms with Crippen LogP contribution in [0.3, 0.4) is 0 Å². The van der Waals surface area contributed by atoms with Gasteiger partial charge in [0.25, 0.3) is 0 Å². The number of rotatable bonds is 7. The van der Waals surface area contributed by atoms with Crippen LogP contribution in [0.1, 0.15) is 22.5 Å². The van der Waals surface area contributed by atoms with Crippen molar-refractivity contribution < 1.29 is 19.0 Å². The maximum Gasteiger partial charge on any atom is 0.224 e. The van der Waals surface area contributed by atoms with Gasteiger partial charge in [0.1, 0.15) is 25.1 Å². The minimum Gasteiger partial charge on any atom is -0.489 e. The lowest BCUT2D eigenvalue weighted by atomic mass is 10.1. The number of benzene rings is 2. The second-order valence-electron chi connectivity index (χ2n) is 7.33. The largest absolute Gasteiger partial charge is 0.489 e. The van der Waals surface area contributed by atoms with E-state index in [1.54, 1.807) is 0 Å². The average Bonchev–Trinajstić information content (AvgIpc) is 3.08. The maximum atomic E-state index is 12.3. The Labute approximate surface area is 175 Å². The van der Waals surface area contributed by atoms with Crippen LogP contribution in [0.5, 0.6) is 17.2 Å². The van der Waals surface area contributed by atoms with Gasteiger partial charge in [-0.1, -0.05) is 30.3 Å². The second-order valence-corrected chi connectivity index (χ2v) is 7.33. The first-order chi connectivity index (χ1) is 14.6. The van der Waals surface area contributed by atoms with Gasteiger partial charge in [0.05, 0.1) is 18.7 Å². The molecule has 7 heteroatoms. The van der Waals surface area contributed by atoms with Gasteiger partial charge in [-0.15, -0.1) is 0 Å². The molecule has 156 valence electrons. The number of aryl methyl sites for hydroxylation is 2. The van der Waals surface area contributed by atoms with Gasteiger partial charge in [-0.2, -0.15) is 5.10 Å². The van der Waals surface area contributed by atoms with Crippen LogP contribution < -0.4 is 19.5 Å². The van der Waals surface area contributed by atoms with Gasteiger partial charge < -0.3 is 19.5 Å². The Morgan fingerprint density at radius 3 is 2.80 bits per heavy atom. The third kappa shape index (κ3) is 4.74.